The van der Waals surface area contributed by atoms with Crippen LogP contribution in [0.15, 0.2) is 36.7 Å². The molecule has 0 radical (unpaired) electrons. The van der Waals surface area contributed by atoms with Crippen molar-refractivity contribution in [3.63, 3.8) is 0 Å². The lowest BCUT2D eigenvalue weighted by molar-refractivity contribution is -0.123. The van der Waals surface area contributed by atoms with Crippen LogP contribution in [0.3, 0.4) is 0 Å². The van der Waals surface area contributed by atoms with Gasteiger partial charge in [-0.1, -0.05) is 12.1 Å². The quantitative estimate of drug-likeness (QED) is 0.858. The Hall–Kier alpha value is -2.54. The first kappa shape index (κ1) is 18.3. The minimum absolute atomic E-state index is 0.0519. The van der Waals surface area contributed by atoms with Crippen molar-refractivity contribution in [1.82, 2.24) is 15.3 Å². The van der Waals surface area contributed by atoms with Crippen LogP contribution in [0.4, 0.5) is 4.39 Å². The van der Waals surface area contributed by atoms with Crippen molar-refractivity contribution in [1.29, 1.82) is 0 Å². The second-order valence-corrected chi connectivity index (χ2v) is 6.45. The van der Waals surface area contributed by atoms with Gasteiger partial charge in [0, 0.05) is 31.1 Å². The van der Waals surface area contributed by atoms with E-state index in [-0.39, 0.29) is 24.8 Å². The number of halogens is 1. The highest BCUT2D eigenvalue weighted by molar-refractivity contribution is 5.77. The number of amides is 1. The van der Waals surface area contributed by atoms with Gasteiger partial charge in [0.15, 0.2) is 24.0 Å². The van der Waals surface area contributed by atoms with Gasteiger partial charge in [-0.15, -0.1) is 0 Å². The second kappa shape index (κ2) is 8.23. The van der Waals surface area contributed by atoms with Gasteiger partial charge in [-0.3, -0.25) is 4.79 Å². The summed E-state index contributed by atoms with van der Waals surface area (Å²) < 4.78 is 24.4. The summed E-state index contributed by atoms with van der Waals surface area (Å²) in [6.07, 6.45) is 6.43. The summed E-state index contributed by atoms with van der Waals surface area (Å²) in [7, 11) is 0. The molecule has 0 unspecified atom stereocenters. The lowest BCUT2D eigenvalue weighted by atomic mass is 9.95. The van der Waals surface area contributed by atoms with E-state index >= 15 is 0 Å². The van der Waals surface area contributed by atoms with Gasteiger partial charge in [0.2, 0.25) is 0 Å². The summed E-state index contributed by atoms with van der Waals surface area (Å²) in [6.45, 7) is 2.74. The Bertz CT molecular complexity index is 746. The van der Waals surface area contributed by atoms with Gasteiger partial charge in [0.1, 0.15) is 5.60 Å². The molecule has 2 heterocycles. The molecule has 1 aliphatic rings. The maximum absolute atomic E-state index is 13.4. The standard InChI is InChI=1S/C19H22FN3O3/c1-19(8-4-5-9-26-19)18-22-11-14(12-23-18)10-21-17(24)13-25-16-7-3-2-6-15(16)20/h2-3,6-7,11-12H,4-5,8-10,13H2,1H3,(H,21,24)/t19-/m1/s1. The molecule has 1 aromatic heterocycles. The Balaban J connectivity index is 1.48. The van der Waals surface area contributed by atoms with E-state index in [1.807, 2.05) is 6.92 Å². The van der Waals surface area contributed by atoms with E-state index in [9.17, 15) is 9.18 Å². The predicted octanol–water partition coefficient (Wildman–Crippen LogP) is 2.73. The first-order valence-electron chi connectivity index (χ1n) is 8.66. The summed E-state index contributed by atoms with van der Waals surface area (Å²) in [4.78, 5) is 20.6. The molecule has 1 N–H and O–H groups in total. The topological polar surface area (TPSA) is 73.3 Å². The number of aromatic nitrogens is 2. The number of ether oxygens (including phenoxy) is 2. The average molecular weight is 359 g/mol. The van der Waals surface area contributed by atoms with Crippen LogP contribution in [0.25, 0.3) is 0 Å². The summed E-state index contributed by atoms with van der Waals surface area (Å²) in [5.74, 6) is -0.131. The van der Waals surface area contributed by atoms with Gasteiger partial charge in [0.25, 0.3) is 5.91 Å². The van der Waals surface area contributed by atoms with E-state index in [1.54, 1.807) is 24.5 Å². The number of rotatable bonds is 6. The van der Waals surface area contributed by atoms with Crippen molar-refractivity contribution in [2.75, 3.05) is 13.2 Å². The monoisotopic (exact) mass is 359 g/mol. The van der Waals surface area contributed by atoms with Crippen LogP contribution in [0.1, 0.15) is 37.6 Å². The van der Waals surface area contributed by atoms with E-state index in [1.165, 1.54) is 12.1 Å². The molecular formula is C19H22FN3O3. The number of hydrogen-bond acceptors (Lipinski definition) is 5. The fraction of sp³-hybridized carbons (Fsp3) is 0.421. The Morgan fingerprint density at radius 1 is 1.31 bits per heavy atom. The molecule has 3 rings (SSSR count). The SMILES string of the molecule is C[C@]1(c2ncc(CNC(=O)COc3ccccc3F)cn2)CCCCO1. The number of nitrogens with one attached hydrogen (secondary N) is 1. The highest BCUT2D eigenvalue weighted by Crippen LogP contribution is 2.32. The third-order valence-corrected chi connectivity index (χ3v) is 4.33. The average Bonchev–Trinajstić information content (AvgIpc) is 2.67. The van der Waals surface area contributed by atoms with E-state index in [2.05, 4.69) is 15.3 Å². The number of carbonyl (C=O) groups is 1. The summed E-state index contributed by atoms with van der Waals surface area (Å²) in [5.41, 5.74) is 0.334. The van der Waals surface area contributed by atoms with Crippen LogP contribution in [-0.2, 0) is 21.7 Å². The van der Waals surface area contributed by atoms with E-state index in [4.69, 9.17) is 9.47 Å². The minimum Gasteiger partial charge on any atom is -0.481 e. The van der Waals surface area contributed by atoms with Gasteiger partial charge in [-0.2, -0.15) is 0 Å². The first-order chi connectivity index (χ1) is 12.6. The van der Waals surface area contributed by atoms with Crippen LogP contribution < -0.4 is 10.1 Å². The van der Waals surface area contributed by atoms with Crippen molar-refractivity contribution < 1.29 is 18.7 Å². The normalized spacial score (nSPS) is 19.8. The van der Waals surface area contributed by atoms with Gasteiger partial charge >= 0.3 is 0 Å². The van der Waals surface area contributed by atoms with Crippen LogP contribution in [0, 0.1) is 5.82 Å². The summed E-state index contributed by atoms with van der Waals surface area (Å²) in [5, 5.41) is 2.70. The Morgan fingerprint density at radius 2 is 2.08 bits per heavy atom. The zero-order valence-corrected chi connectivity index (χ0v) is 14.7. The van der Waals surface area contributed by atoms with Crippen molar-refractivity contribution in [2.45, 2.75) is 38.3 Å². The lowest BCUT2D eigenvalue weighted by Crippen LogP contribution is -2.32. The van der Waals surface area contributed by atoms with Crippen molar-refractivity contribution >= 4 is 5.91 Å². The van der Waals surface area contributed by atoms with Crippen LogP contribution in [0.2, 0.25) is 0 Å². The lowest BCUT2D eigenvalue weighted by Gasteiger charge is -2.32. The number of benzene rings is 1. The number of nitrogens with zero attached hydrogens (tertiary/aromatic N) is 2. The van der Waals surface area contributed by atoms with Gasteiger partial charge < -0.3 is 14.8 Å². The molecule has 7 heteroatoms. The molecule has 1 amide bonds. The van der Waals surface area contributed by atoms with E-state index in [0.29, 0.717) is 5.82 Å². The zero-order chi connectivity index (χ0) is 18.4. The maximum Gasteiger partial charge on any atom is 0.258 e. The minimum atomic E-state index is -0.497. The number of carbonyl (C=O) groups excluding carboxylic acids is 1. The Kier molecular flexibility index (Phi) is 5.78. The second-order valence-electron chi connectivity index (χ2n) is 6.45. The van der Waals surface area contributed by atoms with E-state index in [0.717, 1.165) is 31.4 Å². The molecule has 1 aromatic carbocycles. The van der Waals surface area contributed by atoms with Crippen LogP contribution in [0.5, 0.6) is 5.75 Å². The van der Waals surface area contributed by atoms with Gasteiger partial charge in [-0.25, -0.2) is 14.4 Å². The molecule has 1 atom stereocenters. The van der Waals surface area contributed by atoms with Crippen molar-refractivity contribution in [3.8, 4) is 5.75 Å². The molecule has 138 valence electrons. The molecule has 1 aliphatic heterocycles. The highest BCUT2D eigenvalue weighted by Gasteiger charge is 2.32. The number of hydrogen-bond donors (Lipinski definition) is 1. The summed E-state index contributed by atoms with van der Waals surface area (Å²) in [6, 6.07) is 5.96. The smallest absolute Gasteiger partial charge is 0.258 e. The first-order valence-corrected chi connectivity index (χ1v) is 8.66. The fourth-order valence-corrected chi connectivity index (χ4v) is 2.79. The molecule has 1 fully saturated rings. The molecule has 0 aliphatic carbocycles. The molecule has 0 spiro atoms. The van der Waals surface area contributed by atoms with Crippen LogP contribution >= 0.6 is 0 Å². The Labute approximate surface area is 151 Å². The molecule has 2 aromatic rings. The third kappa shape index (κ3) is 4.54. The van der Waals surface area contributed by atoms with Crippen LogP contribution in [-0.4, -0.2) is 29.1 Å². The summed E-state index contributed by atoms with van der Waals surface area (Å²) >= 11 is 0. The maximum atomic E-state index is 13.4. The van der Waals surface area contributed by atoms with E-state index < -0.39 is 11.4 Å². The Morgan fingerprint density at radius 3 is 2.77 bits per heavy atom. The third-order valence-electron chi connectivity index (χ3n) is 4.33. The zero-order valence-electron chi connectivity index (χ0n) is 14.7. The molecule has 0 bridgehead atoms. The van der Waals surface area contributed by atoms with Crippen molar-refractivity contribution in [2.24, 2.45) is 0 Å². The van der Waals surface area contributed by atoms with Gasteiger partial charge in [0.05, 0.1) is 0 Å². The fourth-order valence-electron chi connectivity index (χ4n) is 2.79. The molecule has 1 saturated heterocycles. The highest BCUT2D eigenvalue weighted by atomic mass is 19.1. The molecule has 6 nitrogen and oxygen atoms in total. The molecule has 0 saturated carbocycles. The molecule has 26 heavy (non-hydrogen) atoms. The van der Waals surface area contributed by atoms with Gasteiger partial charge in [-0.05, 0) is 38.3 Å². The largest absolute Gasteiger partial charge is 0.481 e. The number of para-hydroxylation sites is 1. The van der Waals surface area contributed by atoms with Crippen molar-refractivity contribution in [3.05, 3.63) is 53.9 Å². The molecular weight excluding hydrogens is 337 g/mol. The predicted molar refractivity (Wildman–Crippen MR) is 92.9 cm³/mol.